The van der Waals surface area contributed by atoms with Crippen LogP contribution in [0.2, 0.25) is 0 Å². The van der Waals surface area contributed by atoms with Crippen molar-refractivity contribution in [3.05, 3.63) is 0 Å². The molecule has 0 aliphatic carbocycles. The van der Waals surface area contributed by atoms with E-state index in [2.05, 4.69) is 18.9 Å². The van der Waals surface area contributed by atoms with Crippen LogP contribution in [0.4, 0.5) is 0 Å². The molecule has 1 saturated heterocycles. The third kappa shape index (κ3) is 2.47. The van der Waals surface area contributed by atoms with Gasteiger partial charge in [0, 0.05) is 31.1 Å². The lowest BCUT2D eigenvalue weighted by molar-refractivity contribution is -0.143. The summed E-state index contributed by atoms with van der Waals surface area (Å²) in [5.74, 6) is 0.276. The number of nitrogens with zero attached hydrogens (tertiary/aromatic N) is 2. The molecule has 0 aromatic carbocycles. The van der Waals surface area contributed by atoms with Crippen LogP contribution in [0.1, 0.15) is 27.7 Å². The summed E-state index contributed by atoms with van der Waals surface area (Å²) in [4.78, 5) is 16.3. The highest BCUT2D eigenvalue weighted by Crippen LogP contribution is 2.20. The van der Waals surface area contributed by atoms with E-state index in [1.165, 1.54) is 0 Å². The fraction of sp³-hybridized carbons (Fsp3) is 0.909. The van der Waals surface area contributed by atoms with Gasteiger partial charge in [0.05, 0.1) is 0 Å². The highest BCUT2D eigenvalue weighted by Gasteiger charge is 2.32. The highest BCUT2D eigenvalue weighted by atomic mass is 16.2. The summed E-state index contributed by atoms with van der Waals surface area (Å²) >= 11 is 0. The van der Waals surface area contributed by atoms with Crippen molar-refractivity contribution < 1.29 is 4.79 Å². The minimum Gasteiger partial charge on any atom is -0.337 e. The molecule has 0 bridgehead atoms. The van der Waals surface area contributed by atoms with Crippen molar-refractivity contribution in [3.8, 4) is 0 Å². The maximum absolute atomic E-state index is 12.0. The summed E-state index contributed by atoms with van der Waals surface area (Å²) in [6.45, 7) is 10.9. The van der Waals surface area contributed by atoms with Crippen LogP contribution in [0.5, 0.6) is 0 Å². The van der Waals surface area contributed by atoms with Gasteiger partial charge in [0.2, 0.25) is 5.91 Å². The van der Waals surface area contributed by atoms with Crippen molar-refractivity contribution in [2.24, 2.45) is 5.41 Å². The molecular weight excluding hydrogens is 176 g/mol. The molecule has 1 fully saturated rings. The number of carbonyl (C=O) groups is 1. The predicted molar refractivity (Wildman–Crippen MR) is 58.1 cm³/mol. The van der Waals surface area contributed by atoms with Crippen LogP contribution in [-0.2, 0) is 4.79 Å². The van der Waals surface area contributed by atoms with E-state index in [0.29, 0.717) is 6.04 Å². The van der Waals surface area contributed by atoms with Gasteiger partial charge in [-0.3, -0.25) is 4.79 Å². The Morgan fingerprint density at radius 2 is 1.86 bits per heavy atom. The first-order valence-corrected chi connectivity index (χ1v) is 5.32. The van der Waals surface area contributed by atoms with E-state index >= 15 is 0 Å². The van der Waals surface area contributed by atoms with E-state index in [1.807, 2.05) is 25.7 Å². The molecule has 3 nitrogen and oxygen atoms in total. The lowest BCUT2D eigenvalue weighted by Gasteiger charge is -2.41. The van der Waals surface area contributed by atoms with Crippen molar-refractivity contribution >= 4 is 5.91 Å². The molecule has 14 heavy (non-hydrogen) atoms. The lowest BCUT2D eigenvalue weighted by Crippen LogP contribution is -2.55. The average Bonchev–Trinajstić information content (AvgIpc) is 2.01. The molecule has 0 unspecified atom stereocenters. The quantitative estimate of drug-likeness (QED) is 0.584. The minimum atomic E-state index is -0.246. The second-order valence-electron chi connectivity index (χ2n) is 5.36. The number of hydrogen-bond donors (Lipinski definition) is 0. The van der Waals surface area contributed by atoms with E-state index in [-0.39, 0.29) is 11.3 Å². The van der Waals surface area contributed by atoms with E-state index in [4.69, 9.17) is 0 Å². The van der Waals surface area contributed by atoms with Gasteiger partial charge < -0.3 is 9.80 Å². The second kappa shape index (κ2) is 3.89. The minimum absolute atomic E-state index is 0.246. The van der Waals surface area contributed by atoms with Gasteiger partial charge in [-0.05, 0) is 14.0 Å². The van der Waals surface area contributed by atoms with Crippen molar-refractivity contribution in [1.82, 2.24) is 9.80 Å². The number of amides is 1. The number of likely N-dealkylation sites (N-methyl/N-ethyl adjacent to an activating group) is 1. The Morgan fingerprint density at radius 1 is 1.29 bits per heavy atom. The SMILES string of the molecule is C[C@@H]1CN(C)CCN1C(=O)C(C)(C)C. The summed E-state index contributed by atoms with van der Waals surface area (Å²) in [6, 6.07) is 0.348. The van der Waals surface area contributed by atoms with Crippen molar-refractivity contribution in [2.45, 2.75) is 33.7 Å². The summed E-state index contributed by atoms with van der Waals surface area (Å²) in [5, 5.41) is 0. The Morgan fingerprint density at radius 3 is 2.29 bits per heavy atom. The fourth-order valence-electron chi connectivity index (χ4n) is 1.87. The Hall–Kier alpha value is -0.570. The lowest BCUT2D eigenvalue weighted by atomic mass is 9.93. The molecule has 1 heterocycles. The van der Waals surface area contributed by atoms with Gasteiger partial charge in [0.25, 0.3) is 0 Å². The zero-order valence-electron chi connectivity index (χ0n) is 10.0. The Labute approximate surface area is 87.1 Å². The molecule has 1 rings (SSSR count). The van der Waals surface area contributed by atoms with Crippen LogP contribution < -0.4 is 0 Å². The summed E-state index contributed by atoms with van der Waals surface area (Å²) in [5.41, 5.74) is -0.246. The predicted octanol–water partition coefficient (Wildman–Crippen LogP) is 1.19. The van der Waals surface area contributed by atoms with Crippen LogP contribution in [0, 0.1) is 5.41 Å². The molecular formula is C11H22N2O. The topological polar surface area (TPSA) is 23.6 Å². The van der Waals surface area contributed by atoms with E-state index in [1.54, 1.807) is 0 Å². The third-order valence-electron chi connectivity index (χ3n) is 2.73. The van der Waals surface area contributed by atoms with Gasteiger partial charge in [0.1, 0.15) is 0 Å². The van der Waals surface area contributed by atoms with E-state index < -0.39 is 0 Å². The van der Waals surface area contributed by atoms with Gasteiger partial charge >= 0.3 is 0 Å². The fourth-order valence-corrected chi connectivity index (χ4v) is 1.87. The van der Waals surface area contributed by atoms with Crippen LogP contribution in [-0.4, -0.2) is 48.4 Å². The molecule has 1 amide bonds. The monoisotopic (exact) mass is 198 g/mol. The largest absolute Gasteiger partial charge is 0.337 e. The number of rotatable bonds is 0. The third-order valence-corrected chi connectivity index (χ3v) is 2.73. The first-order chi connectivity index (χ1) is 6.32. The molecule has 0 aromatic heterocycles. The number of hydrogen-bond acceptors (Lipinski definition) is 2. The first kappa shape index (κ1) is 11.5. The molecule has 0 aromatic rings. The normalized spacial score (nSPS) is 25.2. The Kier molecular flexibility index (Phi) is 3.20. The van der Waals surface area contributed by atoms with Crippen molar-refractivity contribution in [3.63, 3.8) is 0 Å². The van der Waals surface area contributed by atoms with E-state index in [9.17, 15) is 4.79 Å². The molecule has 1 aliphatic heterocycles. The van der Waals surface area contributed by atoms with Crippen LogP contribution in [0.3, 0.4) is 0 Å². The highest BCUT2D eigenvalue weighted by molar-refractivity contribution is 5.81. The van der Waals surface area contributed by atoms with Gasteiger partial charge in [-0.25, -0.2) is 0 Å². The van der Waals surface area contributed by atoms with Crippen molar-refractivity contribution in [2.75, 3.05) is 26.7 Å². The summed E-state index contributed by atoms with van der Waals surface area (Å²) in [6.07, 6.45) is 0. The standard InChI is InChI=1S/C11H22N2O/c1-9-8-12(5)6-7-13(9)10(14)11(2,3)4/h9H,6-8H2,1-5H3/t9-/m1/s1. The van der Waals surface area contributed by atoms with Crippen LogP contribution in [0.25, 0.3) is 0 Å². The first-order valence-electron chi connectivity index (χ1n) is 5.32. The number of piperazine rings is 1. The van der Waals surface area contributed by atoms with Crippen LogP contribution >= 0.6 is 0 Å². The van der Waals surface area contributed by atoms with Crippen LogP contribution in [0.15, 0.2) is 0 Å². The zero-order chi connectivity index (χ0) is 10.9. The Balaban J connectivity index is 2.65. The molecule has 0 spiro atoms. The van der Waals surface area contributed by atoms with Gasteiger partial charge in [-0.15, -0.1) is 0 Å². The average molecular weight is 198 g/mol. The zero-order valence-corrected chi connectivity index (χ0v) is 10.0. The second-order valence-corrected chi connectivity index (χ2v) is 5.36. The Bertz CT molecular complexity index is 220. The molecule has 82 valence electrons. The molecule has 0 N–H and O–H groups in total. The number of carbonyl (C=O) groups excluding carboxylic acids is 1. The molecule has 0 saturated carbocycles. The molecule has 1 aliphatic rings. The van der Waals surface area contributed by atoms with E-state index in [0.717, 1.165) is 19.6 Å². The van der Waals surface area contributed by atoms with Gasteiger partial charge in [-0.2, -0.15) is 0 Å². The van der Waals surface area contributed by atoms with Crippen molar-refractivity contribution in [1.29, 1.82) is 0 Å². The molecule has 1 atom stereocenters. The summed E-state index contributed by atoms with van der Waals surface area (Å²) < 4.78 is 0. The smallest absolute Gasteiger partial charge is 0.228 e. The maximum Gasteiger partial charge on any atom is 0.228 e. The van der Waals surface area contributed by atoms with Gasteiger partial charge in [0.15, 0.2) is 0 Å². The maximum atomic E-state index is 12.0. The summed E-state index contributed by atoms with van der Waals surface area (Å²) in [7, 11) is 2.11. The van der Waals surface area contributed by atoms with Gasteiger partial charge in [-0.1, -0.05) is 20.8 Å². The molecule has 3 heteroatoms. The molecule has 0 radical (unpaired) electrons.